The van der Waals surface area contributed by atoms with Crippen LogP contribution in [0.2, 0.25) is 0 Å². The number of nitrogen functional groups attached to an aromatic ring is 1. The summed E-state index contributed by atoms with van der Waals surface area (Å²) >= 11 is 0. The minimum atomic E-state index is -3.17. The van der Waals surface area contributed by atoms with Crippen LogP contribution in [-0.2, 0) is 9.84 Å². The number of hydrogen-bond donors (Lipinski definition) is 1. The molecule has 0 atom stereocenters. The standard InChI is InChI=1S/C10H10N2O3S/c1-16(13,14)8-4-2-7(3-5-8)9-6-12-15-10(9)11/h2-6H,11H2,1H3. The van der Waals surface area contributed by atoms with Crippen LogP contribution in [-0.4, -0.2) is 19.8 Å². The largest absolute Gasteiger partial charge is 0.367 e. The summed E-state index contributed by atoms with van der Waals surface area (Å²) in [6.07, 6.45) is 2.65. The number of anilines is 1. The maximum atomic E-state index is 11.2. The Morgan fingerprint density at radius 3 is 2.31 bits per heavy atom. The number of nitrogens with two attached hydrogens (primary N) is 1. The van der Waals surface area contributed by atoms with Gasteiger partial charge in [0.05, 0.1) is 16.7 Å². The average Bonchev–Trinajstić information content (AvgIpc) is 2.63. The van der Waals surface area contributed by atoms with Gasteiger partial charge in [-0.05, 0) is 17.7 Å². The molecule has 6 heteroatoms. The van der Waals surface area contributed by atoms with Crippen molar-refractivity contribution in [3.8, 4) is 11.1 Å². The van der Waals surface area contributed by atoms with E-state index in [9.17, 15) is 8.42 Å². The Bertz CT molecular complexity index is 599. The molecule has 0 aliphatic rings. The van der Waals surface area contributed by atoms with Crippen LogP contribution >= 0.6 is 0 Å². The molecule has 84 valence electrons. The quantitative estimate of drug-likeness (QED) is 0.852. The van der Waals surface area contributed by atoms with Gasteiger partial charge in [-0.2, -0.15) is 0 Å². The molecule has 1 heterocycles. The van der Waals surface area contributed by atoms with Crippen LogP contribution in [0.1, 0.15) is 0 Å². The van der Waals surface area contributed by atoms with E-state index in [0.29, 0.717) is 5.56 Å². The zero-order valence-electron chi connectivity index (χ0n) is 8.54. The second-order valence-electron chi connectivity index (χ2n) is 3.40. The molecule has 2 aromatic rings. The molecule has 0 radical (unpaired) electrons. The Morgan fingerprint density at radius 1 is 1.25 bits per heavy atom. The first-order chi connectivity index (χ1) is 7.48. The van der Waals surface area contributed by atoms with E-state index in [1.165, 1.54) is 18.3 Å². The van der Waals surface area contributed by atoms with Crippen LogP contribution in [0.15, 0.2) is 39.9 Å². The minimum absolute atomic E-state index is 0.215. The SMILES string of the molecule is CS(=O)(=O)c1ccc(-c2cnoc2N)cc1. The van der Waals surface area contributed by atoms with Gasteiger partial charge in [-0.25, -0.2) is 8.42 Å². The summed E-state index contributed by atoms with van der Waals surface area (Å²) in [6, 6.07) is 6.38. The lowest BCUT2D eigenvalue weighted by atomic mass is 10.1. The number of benzene rings is 1. The van der Waals surface area contributed by atoms with Gasteiger partial charge in [0.25, 0.3) is 0 Å². The van der Waals surface area contributed by atoms with E-state index in [4.69, 9.17) is 10.3 Å². The molecule has 2 rings (SSSR count). The summed E-state index contributed by atoms with van der Waals surface area (Å²) in [6.45, 7) is 0. The van der Waals surface area contributed by atoms with Crippen molar-refractivity contribution in [2.24, 2.45) is 0 Å². The van der Waals surface area contributed by atoms with Crippen LogP contribution in [0.4, 0.5) is 5.88 Å². The summed E-state index contributed by atoms with van der Waals surface area (Å²) in [4.78, 5) is 0.270. The number of sulfone groups is 1. The Morgan fingerprint density at radius 2 is 1.88 bits per heavy atom. The Labute approximate surface area is 92.8 Å². The molecule has 16 heavy (non-hydrogen) atoms. The van der Waals surface area contributed by atoms with Gasteiger partial charge in [-0.15, -0.1) is 0 Å². The van der Waals surface area contributed by atoms with E-state index < -0.39 is 9.84 Å². The van der Waals surface area contributed by atoms with E-state index in [2.05, 4.69) is 5.16 Å². The van der Waals surface area contributed by atoms with E-state index in [1.54, 1.807) is 12.1 Å². The molecule has 1 aromatic heterocycles. The molecule has 0 fully saturated rings. The summed E-state index contributed by atoms with van der Waals surface area (Å²) in [7, 11) is -3.17. The number of hydrogen-bond acceptors (Lipinski definition) is 5. The highest BCUT2D eigenvalue weighted by Gasteiger charge is 2.09. The highest BCUT2D eigenvalue weighted by molar-refractivity contribution is 7.90. The van der Waals surface area contributed by atoms with Gasteiger partial charge < -0.3 is 10.3 Å². The van der Waals surface area contributed by atoms with Gasteiger partial charge in [0.15, 0.2) is 9.84 Å². The van der Waals surface area contributed by atoms with E-state index in [1.807, 2.05) is 0 Å². The van der Waals surface area contributed by atoms with Gasteiger partial charge in [0, 0.05) is 6.26 Å². The van der Waals surface area contributed by atoms with Crippen molar-refractivity contribution in [3.63, 3.8) is 0 Å². The van der Waals surface area contributed by atoms with Gasteiger partial charge >= 0.3 is 0 Å². The molecule has 1 aromatic carbocycles. The molecule has 5 nitrogen and oxygen atoms in total. The molecular formula is C10H10N2O3S. The van der Waals surface area contributed by atoms with E-state index >= 15 is 0 Å². The van der Waals surface area contributed by atoms with Crippen molar-refractivity contribution in [1.82, 2.24) is 5.16 Å². The molecule has 0 spiro atoms. The van der Waals surface area contributed by atoms with Crippen molar-refractivity contribution < 1.29 is 12.9 Å². The first-order valence-electron chi connectivity index (χ1n) is 4.49. The van der Waals surface area contributed by atoms with Crippen molar-refractivity contribution >= 4 is 15.7 Å². The third-order valence-corrected chi connectivity index (χ3v) is 3.32. The lowest BCUT2D eigenvalue weighted by molar-refractivity contribution is 0.436. The lowest BCUT2D eigenvalue weighted by Crippen LogP contribution is -1.96. The highest BCUT2D eigenvalue weighted by Crippen LogP contribution is 2.26. The third kappa shape index (κ3) is 1.92. The monoisotopic (exact) mass is 238 g/mol. The van der Waals surface area contributed by atoms with Crippen LogP contribution in [0.25, 0.3) is 11.1 Å². The molecule has 0 bridgehead atoms. The Kier molecular flexibility index (Phi) is 2.43. The predicted molar refractivity (Wildman–Crippen MR) is 59.5 cm³/mol. The first kappa shape index (κ1) is 10.7. The van der Waals surface area contributed by atoms with Crippen molar-refractivity contribution in [2.45, 2.75) is 4.90 Å². The second-order valence-corrected chi connectivity index (χ2v) is 5.42. The Balaban J connectivity index is 2.45. The molecule has 0 saturated heterocycles. The fourth-order valence-corrected chi connectivity index (χ4v) is 1.98. The number of nitrogens with zero attached hydrogens (tertiary/aromatic N) is 1. The van der Waals surface area contributed by atoms with Crippen molar-refractivity contribution in [1.29, 1.82) is 0 Å². The molecule has 2 N–H and O–H groups in total. The molecule has 0 saturated carbocycles. The van der Waals surface area contributed by atoms with E-state index in [-0.39, 0.29) is 10.8 Å². The van der Waals surface area contributed by atoms with E-state index in [0.717, 1.165) is 11.8 Å². The normalized spacial score (nSPS) is 11.6. The van der Waals surface area contributed by atoms with Gasteiger partial charge in [0.2, 0.25) is 5.88 Å². The lowest BCUT2D eigenvalue weighted by Gasteiger charge is -2.00. The smallest absolute Gasteiger partial charge is 0.229 e. The fourth-order valence-electron chi connectivity index (χ4n) is 1.35. The third-order valence-electron chi connectivity index (χ3n) is 2.19. The summed E-state index contributed by atoms with van der Waals surface area (Å²) < 4.78 is 27.2. The first-order valence-corrected chi connectivity index (χ1v) is 6.38. The molecule has 0 aliphatic carbocycles. The van der Waals surface area contributed by atoms with Gasteiger partial charge in [-0.3, -0.25) is 0 Å². The molecule has 0 unspecified atom stereocenters. The van der Waals surface area contributed by atoms with Gasteiger partial charge in [-0.1, -0.05) is 17.3 Å². The maximum absolute atomic E-state index is 11.2. The van der Waals surface area contributed by atoms with Crippen LogP contribution in [0.5, 0.6) is 0 Å². The molecule has 0 aliphatic heterocycles. The average molecular weight is 238 g/mol. The highest BCUT2D eigenvalue weighted by atomic mass is 32.2. The summed E-state index contributed by atoms with van der Waals surface area (Å²) in [5.74, 6) is 0.215. The van der Waals surface area contributed by atoms with Crippen LogP contribution in [0.3, 0.4) is 0 Å². The predicted octanol–water partition coefficient (Wildman–Crippen LogP) is 1.33. The van der Waals surface area contributed by atoms with Crippen molar-refractivity contribution in [2.75, 3.05) is 12.0 Å². The number of aromatic nitrogens is 1. The maximum Gasteiger partial charge on any atom is 0.229 e. The number of rotatable bonds is 2. The zero-order valence-corrected chi connectivity index (χ0v) is 9.36. The summed E-state index contributed by atoms with van der Waals surface area (Å²) in [5.41, 5.74) is 6.97. The van der Waals surface area contributed by atoms with Crippen LogP contribution < -0.4 is 5.73 Å². The van der Waals surface area contributed by atoms with Crippen molar-refractivity contribution in [3.05, 3.63) is 30.5 Å². The second kappa shape index (κ2) is 3.64. The summed E-state index contributed by atoms with van der Waals surface area (Å²) in [5, 5.41) is 3.55. The van der Waals surface area contributed by atoms with Crippen LogP contribution in [0, 0.1) is 0 Å². The zero-order chi connectivity index (χ0) is 11.8. The Hall–Kier alpha value is -1.82. The minimum Gasteiger partial charge on any atom is -0.367 e. The topological polar surface area (TPSA) is 86.2 Å². The fraction of sp³-hybridized carbons (Fsp3) is 0.100. The van der Waals surface area contributed by atoms with Gasteiger partial charge in [0.1, 0.15) is 0 Å². The molecule has 0 amide bonds. The molecular weight excluding hydrogens is 228 g/mol.